The first kappa shape index (κ1) is 17.1. The first-order valence-electron chi connectivity index (χ1n) is 10.1. The number of hydrogen-bond donors (Lipinski definition) is 0. The van der Waals surface area contributed by atoms with Gasteiger partial charge in [0.15, 0.2) is 0 Å². The molecule has 1 aromatic heterocycles. The molecule has 1 amide bonds. The third-order valence-corrected chi connectivity index (χ3v) is 7.02. The number of amides is 1. The normalized spacial score (nSPS) is 27.7. The first-order valence-corrected chi connectivity index (χ1v) is 10.1. The molecule has 25 heavy (non-hydrogen) atoms. The lowest BCUT2D eigenvalue weighted by Crippen LogP contribution is -2.55. The van der Waals surface area contributed by atoms with Gasteiger partial charge in [-0.3, -0.25) is 9.48 Å². The fourth-order valence-electron chi connectivity index (χ4n) is 5.75. The highest BCUT2D eigenvalue weighted by Crippen LogP contribution is 2.48. The number of likely N-dealkylation sites (N-methyl/N-ethyl adjacent to an activating group) is 1. The van der Waals surface area contributed by atoms with Crippen LogP contribution < -0.4 is 0 Å². The van der Waals surface area contributed by atoms with Crippen LogP contribution in [-0.2, 0) is 11.8 Å². The van der Waals surface area contributed by atoms with Crippen LogP contribution in [0.1, 0.15) is 63.4 Å². The highest BCUT2D eigenvalue weighted by atomic mass is 16.2. The molecule has 0 N–H and O–H groups in total. The molecule has 1 aliphatic carbocycles. The molecule has 2 aliphatic heterocycles. The summed E-state index contributed by atoms with van der Waals surface area (Å²) < 4.78 is 1.87. The predicted octanol–water partition coefficient (Wildman–Crippen LogP) is 2.78. The van der Waals surface area contributed by atoms with Crippen molar-refractivity contribution < 1.29 is 4.79 Å². The average Bonchev–Trinajstić information content (AvgIpc) is 3.31. The molecule has 1 spiro atoms. The number of hydrogen-bond acceptors (Lipinski definition) is 3. The molecule has 5 heteroatoms. The zero-order valence-corrected chi connectivity index (χ0v) is 15.8. The van der Waals surface area contributed by atoms with Gasteiger partial charge in [0.2, 0.25) is 5.91 Å². The molecule has 0 unspecified atom stereocenters. The van der Waals surface area contributed by atoms with Gasteiger partial charge in [0, 0.05) is 51.8 Å². The maximum atomic E-state index is 12.7. The summed E-state index contributed by atoms with van der Waals surface area (Å²) in [5.41, 5.74) is 1.26. The number of carbonyl (C=O) groups is 1. The second kappa shape index (κ2) is 6.75. The lowest BCUT2D eigenvalue weighted by molar-refractivity contribution is -0.132. The van der Waals surface area contributed by atoms with E-state index in [9.17, 15) is 4.79 Å². The molecule has 1 aromatic rings. The summed E-state index contributed by atoms with van der Waals surface area (Å²) in [5, 5.41) is 4.37. The van der Waals surface area contributed by atoms with E-state index in [1.807, 2.05) is 17.9 Å². The van der Waals surface area contributed by atoms with Crippen LogP contribution in [0.25, 0.3) is 0 Å². The van der Waals surface area contributed by atoms with Crippen molar-refractivity contribution >= 4 is 5.91 Å². The summed E-state index contributed by atoms with van der Waals surface area (Å²) in [7, 11) is 1.97. The summed E-state index contributed by atoms with van der Waals surface area (Å²) in [4.78, 5) is 17.6. The first-order chi connectivity index (χ1) is 12.1. The Labute approximate surface area is 151 Å². The second-order valence-electron chi connectivity index (χ2n) is 8.40. The van der Waals surface area contributed by atoms with Crippen molar-refractivity contribution in [2.45, 2.75) is 63.3 Å². The molecule has 138 valence electrons. The van der Waals surface area contributed by atoms with Crippen molar-refractivity contribution in [3.05, 3.63) is 18.0 Å². The van der Waals surface area contributed by atoms with Gasteiger partial charge in [0.1, 0.15) is 0 Å². The fraction of sp³-hybridized carbons (Fsp3) is 0.800. The van der Waals surface area contributed by atoms with Gasteiger partial charge in [-0.2, -0.15) is 5.10 Å². The maximum absolute atomic E-state index is 12.7. The van der Waals surface area contributed by atoms with Crippen LogP contribution >= 0.6 is 0 Å². The van der Waals surface area contributed by atoms with Crippen LogP contribution in [-0.4, -0.2) is 57.2 Å². The Hall–Kier alpha value is -1.36. The number of aryl methyl sites for hydroxylation is 1. The minimum absolute atomic E-state index is 0.0149. The van der Waals surface area contributed by atoms with E-state index in [-0.39, 0.29) is 5.54 Å². The van der Waals surface area contributed by atoms with Gasteiger partial charge in [-0.25, -0.2) is 0 Å². The number of carbonyl (C=O) groups excluding carboxylic acids is 1. The Balaban J connectivity index is 1.51. The molecule has 3 aliphatic rings. The standard InChI is InChI=1S/C20H32N4O/c1-3-24-19(25)12-18(17-13-21-22(2)15-17)20(24)8-10-23(11-9-20)14-16-6-4-5-7-16/h13,15-16,18H,3-12,14H2,1-2H3/t18-/m1/s1. The Kier molecular flexibility index (Phi) is 4.61. The van der Waals surface area contributed by atoms with Crippen molar-refractivity contribution in [3.8, 4) is 0 Å². The highest BCUT2D eigenvalue weighted by molar-refractivity contribution is 5.81. The summed E-state index contributed by atoms with van der Waals surface area (Å²) >= 11 is 0. The van der Waals surface area contributed by atoms with Gasteiger partial charge in [0.05, 0.1) is 11.7 Å². The van der Waals surface area contributed by atoms with E-state index in [2.05, 4.69) is 28.0 Å². The van der Waals surface area contributed by atoms with Crippen molar-refractivity contribution in [1.82, 2.24) is 19.6 Å². The summed E-state index contributed by atoms with van der Waals surface area (Å²) in [6.45, 7) is 6.51. The van der Waals surface area contributed by atoms with E-state index in [4.69, 9.17) is 0 Å². The summed E-state index contributed by atoms with van der Waals surface area (Å²) in [6.07, 6.45) is 12.6. The molecular weight excluding hydrogens is 312 g/mol. The third kappa shape index (κ3) is 3.01. The Bertz CT molecular complexity index is 611. The number of likely N-dealkylation sites (tertiary alicyclic amines) is 2. The molecule has 2 saturated heterocycles. The summed E-state index contributed by atoms with van der Waals surface area (Å²) in [5.74, 6) is 1.55. The van der Waals surface area contributed by atoms with Gasteiger partial charge in [0.25, 0.3) is 0 Å². The Morgan fingerprint density at radius 3 is 2.56 bits per heavy atom. The largest absolute Gasteiger partial charge is 0.337 e. The number of aromatic nitrogens is 2. The molecular formula is C20H32N4O. The van der Waals surface area contributed by atoms with Gasteiger partial charge in [-0.05, 0) is 44.1 Å². The Morgan fingerprint density at radius 2 is 1.96 bits per heavy atom. The van der Waals surface area contributed by atoms with Crippen LogP contribution in [0.15, 0.2) is 12.4 Å². The highest BCUT2D eigenvalue weighted by Gasteiger charge is 2.53. The molecule has 1 saturated carbocycles. The zero-order chi connectivity index (χ0) is 17.4. The molecule has 4 rings (SSSR count). The van der Waals surface area contributed by atoms with Crippen molar-refractivity contribution in [3.63, 3.8) is 0 Å². The van der Waals surface area contributed by atoms with E-state index in [0.29, 0.717) is 18.2 Å². The second-order valence-corrected chi connectivity index (χ2v) is 8.40. The predicted molar refractivity (Wildman–Crippen MR) is 98.3 cm³/mol. The Morgan fingerprint density at radius 1 is 1.24 bits per heavy atom. The number of nitrogens with zero attached hydrogens (tertiary/aromatic N) is 4. The zero-order valence-electron chi connectivity index (χ0n) is 15.8. The minimum Gasteiger partial charge on any atom is -0.337 e. The van der Waals surface area contributed by atoms with Crippen LogP contribution in [0.4, 0.5) is 0 Å². The van der Waals surface area contributed by atoms with E-state index in [1.54, 1.807) is 0 Å². The minimum atomic E-state index is 0.0149. The molecule has 0 radical (unpaired) electrons. The SMILES string of the molecule is CCN1C(=O)C[C@H](c2cnn(C)c2)C12CCN(CC1CCCC1)CC2. The molecule has 1 atom stereocenters. The smallest absolute Gasteiger partial charge is 0.223 e. The third-order valence-electron chi connectivity index (χ3n) is 7.02. The molecule has 0 aromatic carbocycles. The molecule has 3 heterocycles. The fourth-order valence-corrected chi connectivity index (χ4v) is 5.75. The van der Waals surface area contributed by atoms with Gasteiger partial charge in [-0.1, -0.05) is 12.8 Å². The van der Waals surface area contributed by atoms with E-state index in [1.165, 1.54) is 37.8 Å². The molecule has 5 nitrogen and oxygen atoms in total. The van der Waals surface area contributed by atoms with Crippen LogP contribution in [0, 0.1) is 5.92 Å². The van der Waals surface area contributed by atoms with E-state index < -0.39 is 0 Å². The average molecular weight is 345 g/mol. The summed E-state index contributed by atoms with van der Waals surface area (Å²) in [6, 6.07) is 0. The molecule has 0 bridgehead atoms. The van der Waals surface area contributed by atoms with Crippen molar-refractivity contribution in [1.29, 1.82) is 0 Å². The monoisotopic (exact) mass is 344 g/mol. The van der Waals surface area contributed by atoms with E-state index >= 15 is 0 Å². The van der Waals surface area contributed by atoms with Crippen LogP contribution in [0.3, 0.4) is 0 Å². The lowest BCUT2D eigenvalue weighted by atomic mass is 9.74. The van der Waals surface area contributed by atoms with Gasteiger partial charge >= 0.3 is 0 Å². The molecule has 3 fully saturated rings. The van der Waals surface area contributed by atoms with E-state index in [0.717, 1.165) is 38.4 Å². The maximum Gasteiger partial charge on any atom is 0.223 e. The quantitative estimate of drug-likeness (QED) is 0.843. The number of piperidine rings is 1. The lowest BCUT2D eigenvalue weighted by Gasteiger charge is -2.48. The van der Waals surface area contributed by atoms with Crippen LogP contribution in [0.2, 0.25) is 0 Å². The van der Waals surface area contributed by atoms with Crippen molar-refractivity contribution in [2.24, 2.45) is 13.0 Å². The van der Waals surface area contributed by atoms with Crippen molar-refractivity contribution in [2.75, 3.05) is 26.2 Å². The van der Waals surface area contributed by atoms with Gasteiger partial charge in [-0.15, -0.1) is 0 Å². The number of rotatable bonds is 4. The van der Waals surface area contributed by atoms with Crippen LogP contribution in [0.5, 0.6) is 0 Å². The topological polar surface area (TPSA) is 41.4 Å². The van der Waals surface area contributed by atoms with Gasteiger partial charge < -0.3 is 9.80 Å².